The van der Waals surface area contributed by atoms with E-state index in [2.05, 4.69) is 22.7 Å². The second kappa shape index (κ2) is 11.3. The molecule has 0 heterocycles. The highest BCUT2D eigenvalue weighted by Gasteiger charge is 2.12. The molecule has 0 atom stereocenters. The normalized spacial score (nSPS) is 10.1. The molecule has 2 amide bonds. The highest BCUT2D eigenvalue weighted by molar-refractivity contribution is 7.80. The van der Waals surface area contributed by atoms with Gasteiger partial charge in [-0.2, -0.15) is 0 Å². The first-order valence-corrected chi connectivity index (χ1v) is 9.00. The fraction of sp³-hybridized carbons (Fsp3) is 0.0952. The molecule has 0 unspecified atom stereocenters. The van der Waals surface area contributed by atoms with Crippen LogP contribution in [0.4, 0.5) is 0 Å². The monoisotopic (exact) mass is 411 g/mol. The molecule has 2 aromatic rings. The predicted octanol–water partition coefficient (Wildman–Crippen LogP) is 2.61. The van der Waals surface area contributed by atoms with Gasteiger partial charge in [0.25, 0.3) is 5.91 Å². The predicted molar refractivity (Wildman–Crippen MR) is 116 cm³/mol. The van der Waals surface area contributed by atoms with Crippen molar-refractivity contribution in [3.63, 3.8) is 0 Å². The van der Waals surface area contributed by atoms with Crippen molar-refractivity contribution in [3.8, 4) is 11.5 Å². The van der Waals surface area contributed by atoms with Gasteiger partial charge in [0.1, 0.15) is 18.1 Å². The van der Waals surface area contributed by atoms with E-state index >= 15 is 0 Å². The molecule has 0 saturated carbocycles. The molecule has 7 nitrogen and oxygen atoms in total. The molecule has 3 N–H and O–H groups in total. The maximum absolute atomic E-state index is 12.3. The summed E-state index contributed by atoms with van der Waals surface area (Å²) in [6, 6.07) is 13.9. The average Bonchev–Trinajstić information content (AvgIpc) is 2.75. The van der Waals surface area contributed by atoms with Gasteiger partial charge in [-0.05, 0) is 48.1 Å². The van der Waals surface area contributed by atoms with Gasteiger partial charge in [-0.25, -0.2) is 0 Å². The minimum absolute atomic E-state index is 0.0489. The van der Waals surface area contributed by atoms with Crippen LogP contribution in [0.5, 0.6) is 11.5 Å². The number of hydrogen-bond donors (Lipinski definition) is 3. The van der Waals surface area contributed by atoms with Crippen molar-refractivity contribution in [1.82, 2.24) is 16.2 Å². The molecule has 150 valence electrons. The van der Waals surface area contributed by atoms with Crippen LogP contribution in [0.15, 0.2) is 67.3 Å². The number of hydrogen-bond acceptors (Lipinski definition) is 5. The number of benzene rings is 2. The summed E-state index contributed by atoms with van der Waals surface area (Å²) in [5.41, 5.74) is 6.04. The van der Waals surface area contributed by atoms with Crippen molar-refractivity contribution in [2.24, 2.45) is 0 Å². The van der Waals surface area contributed by atoms with Gasteiger partial charge >= 0.3 is 0 Å². The Hall–Kier alpha value is -3.65. The van der Waals surface area contributed by atoms with Crippen LogP contribution in [-0.4, -0.2) is 30.6 Å². The van der Waals surface area contributed by atoms with Gasteiger partial charge in [-0.1, -0.05) is 36.9 Å². The fourth-order valence-electron chi connectivity index (χ4n) is 2.18. The van der Waals surface area contributed by atoms with Crippen LogP contribution in [0.25, 0.3) is 6.08 Å². The topological polar surface area (TPSA) is 88.7 Å². The lowest BCUT2D eigenvalue weighted by atomic mass is 10.2. The molecule has 0 aliphatic heterocycles. The van der Waals surface area contributed by atoms with Crippen molar-refractivity contribution in [2.45, 2.75) is 0 Å². The zero-order valence-corrected chi connectivity index (χ0v) is 16.6. The Kier molecular flexibility index (Phi) is 8.40. The maximum Gasteiger partial charge on any atom is 0.273 e. The van der Waals surface area contributed by atoms with Crippen LogP contribution in [0.3, 0.4) is 0 Å². The Labute approximate surface area is 174 Å². The molecule has 29 heavy (non-hydrogen) atoms. The summed E-state index contributed by atoms with van der Waals surface area (Å²) in [5, 5.41) is 2.39. The van der Waals surface area contributed by atoms with E-state index in [1.54, 1.807) is 55.7 Å². The highest BCUT2D eigenvalue weighted by atomic mass is 32.1. The summed E-state index contributed by atoms with van der Waals surface area (Å²) < 4.78 is 10.5. The van der Waals surface area contributed by atoms with E-state index in [0.29, 0.717) is 11.3 Å². The number of carbonyl (C=O) groups excluding carboxylic acids is 2. The lowest BCUT2D eigenvalue weighted by Gasteiger charge is -2.12. The zero-order chi connectivity index (χ0) is 21.1. The highest BCUT2D eigenvalue weighted by Crippen LogP contribution is 2.17. The largest absolute Gasteiger partial charge is 0.497 e. The van der Waals surface area contributed by atoms with Crippen molar-refractivity contribution in [3.05, 3.63) is 78.4 Å². The minimum atomic E-state index is -0.463. The van der Waals surface area contributed by atoms with E-state index in [4.69, 9.17) is 21.7 Å². The first-order valence-electron chi connectivity index (χ1n) is 8.59. The van der Waals surface area contributed by atoms with Gasteiger partial charge in [0, 0.05) is 6.08 Å². The molecule has 0 radical (unpaired) electrons. The van der Waals surface area contributed by atoms with E-state index in [9.17, 15) is 9.59 Å². The van der Waals surface area contributed by atoms with Gasteiger partial charge in [0.2, 0.25) is 5.91 Å². The lowest BCUT2D eigenvalue weighted by Crippen LogP contribution is -2.48. The van der Waals surface area contributed by atoms with Gasteiger partial charge in [0.05, 0.1) is 12.7 Å². The Morgan fingerprint density at radius 1 is 1.10 bits per heavy atom. The first-order chi connectivity index (χ1) is 14.0. The van der Waals surface area contributed by atoms with Crippen LogP contribution in [0.1, 0.15) is 15.9 Å². The van der Waals surface area contributed by atoms with Crippen LogP contribution in [0.2, 0.25) is 0 Å². The first kappa shape index (κ1) is 21.6. The van der Waals surface area contributed by atoms with E-state index < -0.39 is 11.8 Å². The maximum atomic E-state index is 12.3. The third-order valence-electron chi connectivity index (χ3n) is 3.56. The minimum Gasteiger partial charge on any atom is -0.497 e. The molecule has 8 heteroatoms. The number of rotatable bonds is 7. The molecule has 0 bridgehead atoms. The number of para-hydroxylation sites is 1. The van der Waals surface area contributed by atoms with E-state index in [1.807, 2.05) is 12.1 Å². The molecule has 0 aromatic heterocycles. The number of thiocarbonyl (C=S) groups is 1. The standard InChI is InChI=1S/C21H21N3O4S/c1-3-14-28-18-7-5-4-6-17(18)20(26)23-24-21(29)22-19(25)13-10-15-8-11-16(27-2)12-9-15/h3-13H,1,14H2,2H3,(H,23,26)(H2,22,24,25,29)/b13-10+. The van der Waals surface area contributed by atoms with Crippen LogP contribution < -0.4 is 25.6 Å². The van der Waals surface area contributed by atoms with Crippen molar-refractivity contribution >= 4 is 35.2 Å². The van der Waals surface area contributed by atoms with Crippen molar-refractivity contribution in [2.75, 3.05) is 13.7 Å². The Bertz CT molecular complexity index is 910. The van der Waals surface area contributed by atoms with Gasteiger partial charge in [-0.15, -0.1) is 0 Å². The number of amides is 2. The summed E-state index contributed by atoms with van der Waals surface area (Å²) in [6.45, 7) is 3.84. The average molecular weight is 411 g/mol. The molecule has 0 spiro atoms. The smallest absolute Gasteiger partial charge is 0.273 e. The van der Waals surface area contributed by atoms with Crippen molar-refractivity contribution < 1.29 is 19.1 Å². The summed E-state index contributed by atoms with van der Waals surface area (Å²) in [5.74, 6) is 0.227. The molecular weight excluding hydrogens is 390 g/mol. The number of carbonyl (C=O) groups is 2. The van der Waals surface area contributed by atoms with E-state index in [-0.39, 0.29) is 11.7 Å². The van der Waals surface area contributed by atoms with Crippen LogP contribution in [0, 0.1) is 0 Å². The number of ether oxygens (including phenoxy) is 2. The zero-order valence-electron chi connectivity index (χ0n) is 15.8. The molecule has 2 rings (SSSR count). The van der Waals surface area contributed by atoms with Gasteiger partial charge in [0.15, 0.2) is 5.11 Å². The Balaban J connectivity index is 1.84. The SMILES string of the molecule is C=CCOc1ccccc1C(=O)NNC(=S)NC(=O)/C=C/c1ccc(OC)cc1. The van der Waals surface area contributed by atoms with E-state index in [1.165, 1.54) is 6.08 Å². The van der Waals surface area contributed by atoms with Gasteiger partial charge in [-0.3, -0.25) is 25.8 Å². The number of methoxy groups -OCH3 is 1. The number of hydrazine groups is 1. The summed E-state index contributed by atoms with van der Waals surface area (Å²) in [7, 11) is 1.58. The molecular formula is C21H21N3O4S. The third kappa shape index (κ3) is 7.11. The molecule has 0 aliphatic rings. The fourth-order valence-corrected chi connectivity index (χ4v) is 2.33. The quantitative estimate of drug-likeness (QED) is 0.281. The lowest BCUT2D eigenvalue weighted by molar-refractivity contribution is -0.115. The summed E-state index contributed by atoms with van der Waals surface area (Å²) >= 11 is 5.01. The second-order valence-corrected chi connectivity index (χ2v) is 6.01. The second-order valence-electron chi connectivity index (χ2n) is 5.60. The molecule has 0 saturated heterocycles. The molecule has 0 aliphatic carbocycles. The third-order valence-corrected chi connectivity index (χ3v) is 3.76. The van der Waals surface area contributed by atoms with Gasteiger partial charge < -0.3 is 9.47 Å². The summed E-state index contributed by atoms with van der Waals surface area (Å²) in [4.78, 5) is 24.3. The molecule has 0 fully saturated rings. The molecule has 2 aromatic carbocycles. The number of nitrogens with one attached hydrogen (secondary N) is 3. The Morgan fingerprint density at radius 2 is 1.83 bits per heavy atom. The summed E-state index contributed by atoms with van der Waals surface area (Å²) in [6.07, 6.45) is 4.54. The van der Waals surface area contributed by atoms with E-state index in [0.717, 1.165) is 11.3 Å². The van der Waals surface area contributed by atoms with Crippen LogP contribution >= 0.6 is 12.2 Å². The van der Waals surface area contributed by atoms with Crippen LogP contribution in [-0.2, 0) is 4.79 Å². The van der Waals surface area contributed by atoms with Crippen molar-refractivity contribution in [1.29, 1.82) is 0 Å². The Morgan fingerprint density at radius 3 is 2.52 bits per heavy atom.